The predicted octanol–water partition coefficient (Wildman–Crippen LogP) is 2.58. The fourth-order valence-corrected chi connectivity index (χ4v) is 1.18. The van der Waals surface area contributed by atoms with Gasteiger partial charge in [0.25, 0.3) is 0 Å². The van der Waals surface area contributed by atoms with Crippen LogP contribution < -0.4 is 5.32 Å². The summed E-state index contributed by atoms with van der Waals surface area (Å²) in [6.07, 6.45) is 2.95. The van der Waals surface area contributed by atoms with E-state index in [1.54, 1.807) is 0 Å². The van der Waals surface area contributed by atoms with E-state index in [1.165, 1.54) is 6.42 Å². The topological polar surface area (TPSA) is 29.1 Å². The Balaban J connectivity index is 3.27. The summed E-state index contributed by atoms with van der Waals surface area (Å²) in [6.45, 7) is 9.37. The molecule has 0 bridgehead atoms. The fourth-order valence-electron chi connectivity index (χ4n) is 1.18. The van der Waals surface area contributed by atoms with E-state index in [0.29, 0.717) is 12.3 Å². The lowest BCUT2D eigenvalue weighted by Crippen LogP contribution is -2.25. The number of carbonyl (C=O) groups is 1. The van der Waals surface area contributed by atoms with Gasteiger partial charge in [0, 0.05) is 13.0 Å². The van der Waals surface area contributed by atoms with Crippen LogP contribution in [-0.2, 0) is 4.79 Å². The highest BCUT2D eigenvalue weighted by Gasteiger charge is 2.03. The lowest BCUT2D eigenvalue weighted by molar-refractivity contribution is -0.121. The predicted molar refractivity (Wildman–Crippen MR) is 56.5 cm³/mol. The Hall–Kier alpha value is -0.530. The Morgan fingerprint density at radius 1 is 1.15 bits per heavy atom. The molecule has 0 saturated heterocycles. The monoisotopic (exact) mass is 185 g/mol. The van der Waals surface area contributed by atoms with E-state index in [-0.39, 0.29) is 5.91 Å². The van der Waals surface area contributed by atoms with Gasteiger partial charge in [-0.25, -0.2) is 0 Å². The van der Waals surface area contributed by atoms with E-state index >= 15 is 0 Å². The zero-order chi connectivity index (χ0) is 10.3. The quantitative estimate of drug-likeness (QED) is 0.633. The van der Waals surface area contributed by atoms with Crippen molar-refractivity contribution in [3.05, 3.63) is 0 Å². The van der Waals surface area contributed by atoms with Crippen LogP contribution in [0.1, 0.15) is 47.0 Å². The van der Waals surface area contributed by atoms with Crippen molar-refractivity contribution in [1.29, 1.82) is 0 Å². The number of rotatable bonds is 6. The molecule has 1 N–H and O–H groups in total. The van der Waals surface area contributed by atoms with Crippen LogP contribution in [0.15, 0.2) is 0 Å². The minimum absolute atomic E-state index is 0.193. The van der Waals surface area contributed by atoms with Crippen LogP contribution in [0.4, 0.5) is 0 Å². The van der Waals surface area contributed by atoms with Crippen LogP contribution >= 0.6 is 0 Å². The summed E-state index contributed by atoms with van der Waals surface area (Å²) < 4.78 is 0. The van der Waals surface area contributed by atoms with Crippen molar-refractivity contribution < 1.29 is 4.79 Å². The highest BCUT2D eigenvalue weighted by atomic mass is 16.1. The SMILES string of the molecule is CC(C)CCCNC(=O)CC(C)C. The van der Waals surface area contributed by atoms with E-state index in [2.05, 4.69) is 33.0 Å². The van der Waals surface area contributed by atoms with Crippen LogP contribution in [0.5, 0.6) is 0 Å². The molecule has 13 heavy (non-hydrogen) atoms. The van der Waals surface area contributed by atoms with E-state index in [1.807, 2.05) is 0 Å². The van der Waals surface area contributed by atoms with Crippen LogP contribution in [0, 0.1) is 11.8 Å². The Labute approximate surface area is 82.1 Å². The lowest BCUT2D eigenvalue weighted by atomic mass is 10.1. The molecule has 0 rings (SSSR count). The van der Waals surface area contributed by atoms with Gasteiger partial charge in [-0.1, -0.05) is 27.7 Å². The van der Waals surface area contributed by atoms with Crippen molar-refractivity contribution in [2.75, 3.05) is 6.54 Å². The number of carbonyl (C=O) groups excluding carboxylic acids is 1. The number of nitrogens with one attached hydrogen (secondary N) is 1. The van der Waals surface area contributed by atoms with Gasteiger partial charge in [-0.15, -0.1) is 0 Å². The first-order valence-corrected chi connectivity index (χ1v) is 5.29. The minimum atomic E-state index is 0.193. The third-order valence-corrected chi connectivity index (χ3v) is 1.87. The van der Waals surface area contributed by atoms with E-state index in [0.717, 1.165) is 18.9 Å². The van der Waals surface area contributed by atoms with Gasteiger partial charge >= 0.3 is 0 Å². The first kappa shape index (κ1) is 12.5. The van der Waals surface area contributed by atoms with Crippen molar-refractivity contribution in [2.24, 2.45) is 11.8 Å². The Morgan fingerprint density at radius 2 is 1.77 bits per heavy atom. The second kappa shape index (κ2) is 6.93. The van der Waals surface area contributed by atoms with Gasteiger partial charge in [0.05, 0.1) is 0 Å². The molecule has 2 nitrogen and oxygen atoms in total. The van der Waals surface area contributed by atoms with Crippen LogP contribution in [-0.4, -0.2) is 12.5 Å². The van der Waals surface area contributed by atoms with Crippen molar-refractivity contribution >= 4 is 5.91 Å². The van der Waals surface area contributed by atoms with Gasteiger partial charge in [-0.3, -0.25) is 4.79 Å². The zero-order valence-electron chi connectivity index (χ0n) is 9.39. The van der Waals surface area contributed by atoms with Gasteiger partial charge in [-0.05, 0) is 24.7 Å². The molecule has 0 unspecified atom stereocenters. The Bertz CT molecular complexity index is 141. The molecule has 0 aromatic rings. The molecule has 0 aromatic heterocycles. The van der Waals surface area contributed by atoms with E-state index < -0.39 is 0 Å². The smallest absolute Gasteiger partial charge is 0.220 e. The van der Waals surface area contributed by atoms with Crippen LogP contribution in [0.2, 0.25) is 0 Å². The molecule has 0 radical (unpaired) electrons. The average Bonchev–Trinajstić information content (AvgIpc) is 1.96. The molecular weight excluding hydrogens is 162 g/mol. The highest BCUT2D eigenvalue weighted by Crippen LogP contribution is 2.02. The molecule has 2 heteroatoms. The number of amides is 1. The molecule has 0 fully saturated rings. The van der Waals surface area contributed by atoms with Crippen molar-refractivity contribution in [2.45, 2.75) is 47.0 Å². The maximum atomic E-state index is 11.2. The van der Waals surface area contributed by atoms with E-state index in [9.17, 15) is 4.79 Å². The third-order valence-electron chi connectivity index (χ3n) is 1.87. The molecule has 0 aliphatic heterocycles. The molecule has 0 aliphatic rings. The normalized spacial score (nSPS) is 10.9. The molecular formula is C11H23NO. The summed E-state index contributed by atoms with van der Waals surface area (Å²) in [7, 11) is 0. The van der Waals surface area contributed by atoms with Gasteiger partial charge in [0.2, 0.25) is 5.91 Å². The molecule has 1 amide bonds. The summed E-state index contributed by atoms with van der Waals surface area (Å²) >= 11 is 0. The minimum Gasteiger partial charge on any atom is -0.356 e. The maximum absolute atomic E-state index is 11.2. The lowest BCUT2D eigenvalue weighted by Gasteiger charge is -2.07. The first-order chi connectivity index (χ1) is 6.02. The summed E-state index contributed by atoms with van der Waals surface area (Å²) in [6, 6.07) is 0. The third kappa shape index (κ3) is 9.38. The molecule has 0 aliphatic carbocycles. The standard InChI is InChI=1S/C11H23NO/c1-9(2)6-5-7-12-11(13)8-10(3)4/h9-10H,5-8H2,1-4H3,(H,12,13). The summed E-state index contributed by atoms with van der Waals surface area (Å²) in [4.78, 5) is 11.2. The largest absolute Gasteiger partial charge is 0.356 e. The molecule has 78 valence electrons. The first-order valence-electron chi connectivity index (χ1n) is 5.29. The van der Waals surface area contributed by atoms with Crippen LogP contribution in [0.25, 0.3) is 0 Å². The van der Waals surface area contributed by atoms with Gasteiger partial charge < -0.3 is 5.32 Å². The van der Waals surface area contributed by atoms with E-state index in [4.69, 9.17) is 0 Å². The Kier molecular flexibility index (Phi) is 6.65. The zero-order valence-corrected chi connectivity index (χ0v) is 9.39. The second-order valence-corrected chi connectivity index (χ2v) is 4.48. The molecule has 0 aromatic carbocycles. The fraction of sp³-hybridized carbons (Fsp3) is 0.909. The molecule has 0 atom stereocenters. The second-order valence-electron chi connectivity index (χ2n) is 4.48. The molecule has 0 spiro atoms. The average molecular weight is 185 g/mol. The van der Waals surface area contributed by atoms with Gasteiger partial charge in [0.15, 0.2) is 0 Å². The highest BCUT2D eigenvalue weighted by molar-refractivity contribution is 5.75. The van der Waals surface area contributed by atoms with Crippen molar-refractivity contribution in [1.82, 2.24) is 5.32 Å². The summed E-state index contributed by atoms with van der Waals surface area (Å²) in [5.41, 5.74) is 0. The van der Waals surface area contributed by atoms with Crippen molar-refractivity contribution in [3.8, 4) is 0 Å². The van der Waals surface area contributed by atoms with Gasteiger partial charge in [-0.2, -0.15) is 0 Å². The molecule has 0 saturated carbocycles. The van der Waals surface area contributed by atoms with Crippen LogP contribution in [0.3, 0.4) is 0 Å². The van der Waals surface area contributed by atoms with Gasteiger partial charge in [0.1, 0.15) is 0 Å². The van der Waals surface area contributed by atoms with Crippen molar-refractivity contribution in [3.63, 3.8) is 0 Å². The maximum Gasteiger partial charge on any atom is 0.220 e. The Morgan fingerprint density at radius 3 is 2.23 bits per heavy atom. The molecule has 0 heterocycles. The summed E-state index contributed by atoms with van der Waals surface area (Å²) in [5.74, 6) is 1.39. The summed E-state index contributed by atoms with van der Waals surface area (Å²) in [5, 5.41) is 2.93. The number of hydrogen-bond acceptors (Lipinski definition) is 1. The number of hydrogen-bond donors (Lipinski definition) is 1.